The highest BCUT2D eigenvalue weighted by atomic mass is 79.9. The van der Waals surface area contributed by atoms with E-state index >= 15 is 0 Å². The molecule has 0 unspecified atom stereocenters. The molecule has 1 aromatic carbocycles. The van der Waals surface area contributed by atoms with E-state index in [-0.39, 0.29) is 15.6 Å². The predicted octanol–water partition coefficient (Wildman–Crippen LogP) is 3.56. The predicted molar refractivity (Wildman–Crippen MR) is 55.2 cm³/mol. The first-order chi connectivity index (χ1) is 7.29. The van der Waals surface area contributed by atoms with Gasteiger partial charge < -0.3 is 4.74 Å². The summed E-state index contributed by atoms with van der Waals surface area (Å²) in [5, 5.41) is 0. The molecule has 0 aliphatic rings. The first-order valence-corrected chi connectivity index (χ1v) is 5.03. The second-order valence-electron chi connectivity index (χ2n) is 3.08. The molecule has 0 radical (unpaired) electrons. The van der Waals surface area contributed by atoms with Crippen molar-refractivity contribution in [2.24, 2.45) is 0 Å². The number of alkyl halides is 3. The van der Waals surface area contributed by atoms with Crippen molar-refractivity contribution in [3.63, 3.8) is 0 Å². The Balaban J connectivity index is 3.45. The molecule has 0 amide bonds. The molecular formula is C10H8BrF3O2. The van der Waals surface area contributed by atoms with Crippen molar-refractivity contribution < 1.29 is 22.7 Å². The molecule has 0 bridgehead atoms. The van der Waals surface area contributed by atoms with Gasteiger partial charge in [-0.1, -0.05) is 15.9 Å². The summed E-state index contributed by atoms with van der Waals surface area (Å²) in [6, 6.07) is 2.47. The monoisotopic (exact) mass is 296 g/mol. The van der Waals surface area contributed by atoms with Crippen LogP contribution < -0.4 is 0 Å². The van der Waals surface area contributed by atoms with Crippen LogP contribution in [-0.4, -0.2) is 13.1 Å². The Labute approximate surface area is 98.5 Å². The van der Waals surface area contributed by atoms with E-state index in [9.17, 15) is 18.0 Å². The Hall–Kier alpha value is -1.04. The van der Waals surface area contributed by atoms with Crippen LogP contribution in [0.5, 0.6) is 0 Å². The fourth-order valence-corrected chi connectivity index (χ4v) is 2.01. The minimum absolute atomic E-state index is 0.0852. The van der Waals surface area contributed by atoms with Gasteiger partial charge in [-0.05, 0) is 24.6 Å². The standard InChI is InChI=1S/C10H8BrF3O2/c1-5-6(9(15)16-2)3-4-7(11)8(5)10(12,13)14/h3-4H,1-2H3. The summed E-state index contributed by atoms with van der Waals surface area (Å²) in [6.07, 6.45) is -4.51. The average Bonchev–Trinajstić information content (AvgIpc) is 2.14. The quantitative estimate of drug-likeness (QED) is 0.741. The van der Waals surface area contributed by atoms with Gasteiger partial charge in [0.15, 0.2) is 0 Å². The summed E-state index contributed by atoms with van der Waals surface area (Å²) in [5.41, 5.74) is -1.08. The lowest BCUT2D eigenvalue weighted by molar-refractivity contribution is -0.138. The largest absolute Gasteiger partial charge is 0.465 e. The van der Waals surface area contributed by atoms with Crippen LogP contribution >= 0.6 is 15.9 Å². The highest BCUT2D eigenvalue weighted by Crippen LogP contribution is 2.38. The molecule has 0 fully saturated rings. The zero-order valence-electron chi connectivity index (χ0n) is 8.48. The van der Waals surface area contributed by atoms with E-state index in [1.165, 1.54) is 19.1 Å². The fourth-order valence-electron chi connectivity index (χ4n) is 1.36. The summed E-state index contributed by atoms with van der Waals surface area (Å²) in [6.45, 7) is 1.24. The van der Waals surface area contributed by atoms with Crippen molar-refractivity contribution >= 4 is 21.9 Å². The first kappa shape index (κ1) is 13.0. The van der Waals surface area contributed by atoms with Crippen LogP contribution in [0.15, 0.2) is 16.6 Å². The summed E-state index contributed by atoms with van der Waals surface area (Å²) in [4.78, 5) is 11.2. The number of esters is 1. The number of halogens is 4. The van der Waals surface area contributed by atoms with E-state index in [0.717, 1.165) is 7.11 Å². The molecule has 0 aliphatic carbocycles. The minimum atomic E-state index is -4.51. The molecule has 0 heterocycles. The van der Waals surface area contributed by atoms with E-state index in [1.807, 2.05) is 0 Å². The molecule has 0 aliphatic heterocycles. The Kier molecular flexibility index (Phi) is 3.62. The van der Waals surface area contributed by atoms with Crippen LogP contribution in [0.25, 0.3) is 0 Å². The highest BCUT2D eigenvalue weighted by molar-refractivity contribution is 9.10. The van der Waals surface area contributed by atoms with E-state index in [0.29, 0.717) is 0 Å². The molecule has 0 N–H and O–H groups in total. The highest BCUT2D eigenvalue weighted by Gasteiger charge is 2.36. The number of methoxy groups -OCH3 is 1. The molecule has 0 saturated carbocycles. The molecule has 6 heteroatoms. The Morgan fingerprint density at radius 1 is 1.38 bits per heavy atom. The summed E-state index contributed by atoms with van der Waals surface area (Å²) >= 11 is 2.82. The van der Waals surface area contributed by atoms with Gasteiger partial charge in [-0.3, -0.25) is 0 Å². The molecule has 0 aromatic heterocycles. The summed E-state index contributed by atoms with van der Waals surface area (Å²) in [5.74, 6) is -0.782. The van der Waals surface area contributed by atoms with E-state index in [2.05, 4.69) is 20.7 Å². The zero-order chi connectivity index (χ0) is 12.5. The van der Waals surface area contributed by atoms with Crippen molar-refractivity contribution in [2.75, 3.05) is 7.11 Å². The Morgan fingerprint density at radius 2 is 1.94 bits per heavy atom. The van der Waals surface area contributed by atoms with Crippen molar-refractivity contribution in [3.8, 4) is 0 Å². The number of carbonyl (C=O) groups excluding carboxylic acids is 1. The number of ether oxygens (including phenoxy) is 1. The lowest BCUT2D eigenvalue weighted by atomic mass is 10.0. The Morgan fingerprint density at radius 3 is 2.38 bits per heavy atom. The number of carbonyl (C=O) groups is 1. The lowest BCUT2D eigenvalue weighted by Gasteiger charge is -2.14. The molecule has 0 spiro atoms. The second kappa shape index (κ2) is 4.45. The van der Waals surface area contributed by atoms with Crippen LogP contribution in [0.3, 0.4) is 0 Å². The molecule has 16 heavy (non-hydrogen) atoms. The van der Waals surface area contributed by atoms with Gasteiger partial charge in [0.05, 0.1) is 18.2 Å². The van der Waals surface area contributed by atoms with Crippen LogP contribution in [0.1, 0.15) is 21.5 Å². The van der Waals surface area contributed by atoms with Crippen molar-refractivity contribution in [2.45, 2.75) is 13.1 Å². The maximum atomic E-state index is 12.7. The smallest absolute Gasteiger partial charge is 0.417 e. The number of hydrogen-bond acceptors (Lipinski definition) is 2. The van der Waals surface area contributed by atoms with E-state index in [4.69, 9.17) is 0 Å². The molecule has 2 nitrogen and oxygen atoms in total. The Bertz CT molecular complexity index is 427. The molecule has 1 aromatic rings. The zero-order valence-corrected chi connectivity index (χ0v) is 10.1. The van der Waals surface area contributed by atoms with Gasteiger partial charge in [0, 0.05) is 4.47 Å². The van der Waals surface area contributed by atoms with Gasteiger partial charge in [0.1, 0.15) is 0 Å². The maximum Gasteiger partial charge on any atom is 0.417 e. The van der Waals surface area contributed by atoms with E-state index in [1.54, 1.807) is 0 Å². The molecule has 88 valence electrons. The number of benzene rings is 1. The van der Waals surface area contributed by atoms with Gasteiger partial charge in [-0.2, -0.15) is 13.2 Å². The van der Waals surface area contributed by atoms with Crippen molar-refractivity contribution in [1.82, 2.24) is 0 Å². The van der Waals surface area contributed by atoms with E-state index < -0.39 is 17.7 Å². The summed E-state index contributed by atoms with van der Waals surface area (Å²) < 4.78 is 42.3. The molecule has 0 saturated heterocycles. The van der Waals surface area contributed by atoms with Crippen molar-refractivity contribution in [3.05, 3.63) is 33.3 Å². The SMILES string of the molecule is COC(=O)c1ccc(Br)c(C(F)(F)F)c1C. The van der Waals surface area contributed by atoms with Crippen LogP contribution in [0.4, 0.5) is 13.2 Å². The third-order valence-electron chi connectivity index (χ3n) is 2.10. The average molecular weight is 297 g/mol. The molecule has 0 atom stereocenters. The fraction of sp³-hybridized carbons (Fsp3) is 0.300. The van der Waals surface area contributed by atoms with Crippen LogP contribution in [0, 0.1) is 6.92 Å². The second-order valence-corrected chi connectivity index (χ2v) is 3.94. The normalized spacial score (nSPS) is 11.4. The van der Waals surface area contributed by atoms with Crippen LogP contribution in [-0.2, 0) is 10.9 Å². The molecule has 1 rings (SSSR count). The maximum absolute atomic E-state index is 12.7. The number of rotatable bonds is 1. The van der Waals surface area contributed by atoms with Gasteiger partial charge in [0.2, 0.25) is 0 Å². The van der Waals surface area contributed by atoms with Gasteiger partial charge in [-0.15, -0.1) is 0 Å². The number of hydrogen-bond donors (Lipinski definition) is 0. The van der Waals surface area contributed by atoms with Gasteiger partial charge in [0.25, 0.3) is 0 Å². The lowest BCUT2D eigenvalue weighted by Crippen LogP contribution is -2.13. The van der Waals surface area contributed by atoms with Gasteiger partial charge >= 0.3 is 12.1 Å². The summed E-state index contributed by atoms with van der Waals surface area (Å²) in [7, 11) is 1.12. The molecular weight excluding hydrogens is 289 g/mol. The van der Waals surface area contributed by atoms with Crippen LogP contribution in [0.2, 0.25) is 0 Å². The first-order valence-electron chi connectivity index (χ1n) is 4.23. The van der Waals surface area contributed by atoms with Crippen molar-refractivity contribution in [1.29, 1.82) is 0 Å². The topological polar surface area (TPSA) is 26.3 Å². The third kappa shape index (κ3) is 2.37. The minimum Gasteiger partial charge on any atom is -0.465 e. The van der Waals surface area contributed by atoms with Gasteiger partial charge in [-0.25, -0.2) is 4.79 Å². The third-order valence-corrected chi connectivity index (χ3v) is 2.76.